The Labute approximate surface area is 135 Å². The molecule has 2 rings (SSSR count). The zero-order chi connectivity index (χ0) is 17.0. The molecule has 0 heterocycles. The molecule has 124 valence electrons. The third-order valence-corrected chi connectivity index (χ3v) is 4.84. The van der Waals surface area contributed by atoms with Crippen molar-refractivity contribution < 1.29 is 17.9 Å². The molecule has 0 aliphatic heterocycles. The summed E-state index contributed by atoms with van der Waals surface area (Å²) in [4.78, 5) is 1.48. The van der Waals surface area contributed by atoms with Gasteiger partial charge in [-0.05, 0) is 29.8 Å². The highest BCUT2D eigenvalue weighted by atomic mass is 32.2. The van der Waals surface area contributed by atoms with Crippen molar-refractivity contribution >= 4 is 15.7 Å². The van der Waals surface area contributed by atoms with Crippen molar-refractivity contribution in [3.8, 4) is 0 Å². The highest BCUT2D eigenvalue weighted by molar-refractivity contribution is 7.89. The molecule has 2 aromatic rings. The molecule has 23 heavy (non-hydrogen) atoms. The van der Waals surface area contributed by atoms with Gasteiger partial charge in [0.05, 0.1) is 6.10 Å². The lowest BCUT2D eigenvalue weighted by molar-refractivity contribution is 0.182. The van der Waals surface area contributed by atoms with E-state index < -0.39 is 26.8 Å². The highest BCUT2D eigenvalue weighted by Gasteiger charge is 2.20. The van der Waals surface area contributed by atoms with Gasteiger partial charge in [0, 0.05) is 26.3 Å². The lowest BCUT2D eigenvalue weighted by atomic mass is 10.1. The van der Waals surface area contributed by atoms with E-state index in [1.807, 2.05) is 31.1 Å². The molecule has 5 nitrogen and oxygen atoms in total. The maximum Gasteiger partial charge on any atom is 0.243 e. The predicted molar refractivity (Wildman–Crippen MR) is 87.3 cm³/mol. The third kappa shape index (κ3) is 4.28. The van der Waals surface area contributed by atoms with E-state index in [-0.39, 0.29) is 6.54 Å². The van der Waals surface area contributed by atoms with E-state index in [2.05, 4.69) is 4.72 Å². The minimum Gasteiger partial charge on any atom is -0.387 e. The molecule has 0 spiro atoms. The first kappa shape index (κ1) is 17.4. The number of benzene rings is 2. The Morgan fingerprint density at radius 1 is 1.13 bits per heavy atom. The van der Waals surface area contributed by atoms with Gasteiger partial charge in [0.1, 0.15) is 10.7 Å². The second kappa shape index (κ2) is 7.08. The number of rotatable bonds is 6. The average Bonchev–Trinajstić information content (AvgIpc) is 2.53. The highest BCUT2D eigenvalue weighted by Crippen LogP contribution is 2.19. The summed E-state index contributed by atoms with van der Waals surface area (Å²) in [6, 6.07) is 12.2. The van der Waals surface area contributed by atoms with Crippen LogP contribution in [0.3, 0.4) is 0 Å². The standard InChI is InChI=1S/C16H19FN2O3S/c1-19(2)13-9-7-12(8-10-13)15(20)11-18-23(21,22)16-6-4-3-5-14(16)17/h3-10,15,18,20H,11H2,1-2H3/t15-/m0/s1. The van der Waals surface area contributed by atoms with Crippen molar-refractivity contribution in [1.29, 1.82) is 0 Å². The average molecular weight is 338 g/mol. The number of sulfonamides is 1. The molecular formula is C16H19FN2O3S. The molecule has 0 amide bonds. The van der Waals surface area contributed by atoms with Crippen LogP contribution in [0.4, 0.5) is 10.1 Å². The van der Waals surface area contributed by atoms with Crippen molar-refractivity contribution in [1.82, 2.24) is 4.72 Å². The van der Waals surface area contributed by atoms with E-state index in [9.17, 15) is 17.9 Å². The fourth-order valence-corrected chi connectivity index (χ4v) is 3.16. The SMILES string of the molecule is CN(C)c1ccc([C@@H](O)CNS(=O)(=O)c2ccccc2F)cc1. The van der Waals surface area contributed by atoms with Crippen LogP contribution in [0.5, 0.6) is 0 Å². The second-order valence-electron chi connectivity index (χ2n) is 5.28. The van der Waals surface area contributed by atoms with Gasteiger partial charge in [0.2, 0.25) is 10.0 Å². The normalized spacial score (nSPS) is 12.9. The Bertz CT molecular complexity index is 761. The minimum absolute atomic E-state index is 0.238. The van der Waals surface area contributed by atoms with Gasteiger partial charge in [-0.15, -0.1) is 0 Å². The summed E-state index contributed by atoms with van der Waals surface area (Å²) in [5.41, 5.74) is 1.54. The number of anilines is 1. The molecule has 0 aromatic heterocycles. The molecule has 7 heteroatoms. The van der Waals surface area contributed by atoms with E-state index >= 15 is 0 Å². The van der Waals surface area contributed by atoms with Crippen LogP contribution in [0, 0.1) is 5.82 Å². The number of halogens is 1. The van der Waals surface area contributed by atoms with Crippen LogP contribution >= 0.6 is 0 Å². The van der Waals surface area contributed by atoms with Crippen LogP contribution in [-0.2, 0) is 10.0 Å². The van der Waals surface area contributed by atoms with Gasteiger partial charge < -0.3 is 10.0 Å². The van der Waals surface area contributed by atoms with Gasteiger partial charge in [-0.1, -0.05) is 24.3 Å². The quantitative estimate of drug-likeness (QED) is 0.844. The Morgan fingerprint density at radius 3 is 2.30 bits per heavy atom. The molecule has 0 radical (unpaired) electrons. The van der Waals surface area contributed by atoms with Gasteiger partial charge in [0.15, 0.2) is 0 Å². The topological polar surface area (TPSA) is 69.6 Å². The van der Waals surface area contributed by atoms with Crippen LogP contribution < -0.4 is 9.62 Å². The van der Waals surface area contributed by atoms with Crippen molar-refractivity contribution in [3.63, 3.8) is 0 Å². The van der Waals surface area contributed by atoms with Crippen LogP contribution in [0.2, 0.25) is 0 Å². The molecule has 2 N–H and O–H groups in total. The summed E-state index contributed by atoms with van der Waals surface area (Å²) in [5.74, 6) is -0.829. The summed E-state index contributed by atoms with van der Waals surface area (Å²) in [6.07, 6.45) is -1.02. The van der Waals surface area contributed by atoms with Gasteiger partial charge in [-0.25, -0.2) is 17.5 Å². The summed E-state index contributed by atoms with van der Waals surface area (Å²) in [6.45, 7) is -0.238. The zero-order valence-corrected chi connectivity index (χ0v) is 13.7. The summed E-state index contributed by atoms with van der Waals surface area (Å²) in [5, 5.41) is 10.1. The molecule has 0 aliphatic carbocycles. The van der Waals surface area contributed by atoms with Gasteiger partial charge in [-0.2, -0.15) is 0 Å². The fourth-order valence-electron chi connectivity index (χ4n) is 2.04. The van der Waals surface area contributed by atoms with E-state index in [0.717, 1.165) is 11.8 Å². The van der Waals surface area contributed by atoms with Crippen molar-refractivity contribution in [2.45, 2.75) is 11.0 Å². The van der Waals surface area contributed by atoms with E-state index in [1.54, 1.807) is 12.1 Å². The molecule has 0 aliphatic rings. The Kier molecular flexibility index (Phi) is 5.35. The van der Waals surface area contributed by atoms with E-state index in [0.29, 0.717) is 5.56 Å². The van der Waals surface area contributed by atoms with Crippen LogP contribution in [0.15, 0.2) is 53.4 Å². The summed E-state index contributed by atoms with van der Waals surface area (Å²) >= 11 is 0. The molecule has 0 saturated carbocycles. The summed E-state index contributed by atoms with van der Waals surface area (Å²) < 4.78 is 39.9. The first-order chi connectivity index (χ1) is 10.8. The number of nitrogens with one attached hydrogen (secondary N) is 1. The number of aliphatic hydroxyl groups excluding tert-OH is 1. The first-order valence-corrected chi connectivity index (χ1v) is 8.49. The van der Waals surface area contributed by atoms with Crippen LogP contribution in [-0.4, -0.2) is 34.2 Å². The molecule has 0 bridgehead atoms. The van der Waals surface area contributed by atoms with Crippen molar-refractivity contribution in [2.24, 2.45) is 0 Å². The largest absolute Gasteiger partial charge is 0.387 e. The maximum absolute atomic E-state index is 13.6. The lowest BCUT2D eigenvalue weighted by Gasteiger charge is -2.16. The number of hydrogen-bond acceptors (Lipinski definition) is 4. The Balaban J connectivity index is 2.06. The monoisotopic (exact) mass is 338 g/mol. The molecule has 0 unspecified atom stereocenters. The number of aliphatic hydroxyl groups is 1. The molecule has 0 fully saturated rings. The Morgan fingerprint density at radius 2 is 1.74 bits per heavy atom. The van der Waals surface area contributed by atoms with E-state index in [4.69, 9.17) is 0 Å². The zero-order valence-electron chi connectivity index (χ0n) is 12.9. The lowest BCUT2D eigenvalue weighted by Crippen LogP contribution is -2.29. The van der Waals surface area contributed by atoms with Gasteiger partial charge in [0.25, 0.3) is 0 Å². The van der Waals surface area contributed by atoms with Crippen LogP contribution in [0.1, 0.15) is 11.7 Å². The van der Waals surface area contributed by atoms with Crippen molar-refractivity contribution in [2.75, 3.05) is 25.5 Å². The number of nitrogens with zero attached hydrogens (tertiary/aromatic N) is 1. The number of hydrogen-bond donors (Lipinski definition) is 2. The van der Waals surface area contributed by atoms with Crippen molar-refractivity contribution in [3.05, 3.63) is 59.9 Å². The Hall–Kier alpha value is -1.96. The molecule has 0 saturated heterocycles. The van der Waals surface area contributed by atoms with E-state index in [1.165, 1.54) is 18.2 Å². The third-order valence-electron chi connectivity index (χ3n) is 3.39. The molecule has 1 atom stereocenters. The maximum atomic E-state index is 13.6. The second-order valence-corrected chi connectivity index (χ2v) is 7.02. The molecular weight excluding hydrogens is 319 g/mol. The fraction of sp³-hybridized carbons (Fsp3) is 0.250. The predicted octanol–water partition coefficient (Wildman–Crippen LogP) is 1.90. The van der Waals surface area contributed by atoms with Crippen LogP contribution in [0.25, 0.3) is 0 Å². The molecule has 2 aromatic carbocycles. The van der Waals surface area contributed by atoms with Gasteiger partial charge >= 0.3 is 0 Å². The smallest absolute Gasteiger partial charge is 0.243 e. The first-order valence-electron chi connectivity index (χ1n) is 7.01. The minimum atomic E-state index is -4.01. The van der Waals surface area contributed by atoms with Gasteiger partial charge in [-0.3, -0.25) is 0 Å². The summed E-state index contributed by atoms with van der Waals surface area (Å²) in [7, 11) is -0.215.